The molecule has 4 aliphatic rings. The molecule has 44 heavy (non-hydrogen) atoms. The monoisotopic (exact) mass is 608 g/mol. The minimum atomic E-state index is -1.02. The second-order valence-electron chi connectivity index (χ2n) is 12.4. The third-order valence-electron chi connectivity index (χ3n) is 9.65. The maximum Gasteiger partial charge on any atom is 0.311 e. The minimum Gasteiger partial charge on any atom is -0.465 e. The van der Waals surface area contributed by atoms with Crippen LogP contribution < -0.4 is 4.90 Å². The molecular weight excluding hydrogens is 572 g/mol. The molecule has 4 heterocycles. The van der Waals surface area contributed by atoms with Gasteiger partial charge in [-0.15, -0.1) is 11.8 Å². The maximum atomic E-state index is 15.0. The van der Waals surface area contributed by atoms with Crippen LogP contribution in [-0.4, -0.2) is 69.1 Å². The molecule has 3 aromatic rings. The molecule has 1 N–H and O–H groups in total. The summed E-state index contributed by atoms with van der Waals surface area (Å²) in [6.07, 6.45) is 9.97. The summed E-state index contributed by atoms with van der Waals surface area (Å²) in [5.74, 6) is -2.49. The van der Waals surface area contributed by atoms with Gasteiger partial charge in [0.25, 0.3) is 5.91 Å². The first-order valence-electron chi connectivity index (χ1n) is 15.4. The zero-order valence-electron chi connectivity index (χ0n) is 24.7. The number of hydrogen-bond acceptors (Lipinski definition) is 6. The van der Waals surface area contributed by atoms with Crippen LogP contribution in [0, 0.1) is 11.8 Å². The molecule has 3 aromatic carbocycles. The number of cyclic esters (lactones) is 1. The van der Waals surface area contributed by atoms with Crippen molar-refractivity contribution in [2.24, 2.45) is 11.8 Å². The van der Waals surface area contributed by atoms with Crippen LogP contribution in [0.3, 0.4) is 0 Å². The smallest absolute Gasteiger partial charge is 0.311 e. The molecule has 2 amide bonds. The Kier molecular flexibility index (Phi) is 7.37. The van der Waals surface area contributed by atoms with Crippen LogP contribution in [0.2, 0.25) is 0 Å². The number of carbonyl (C=O) groups is 3. The first-order chi connectivity index (χ1) is 21.4. The van der Waals surface area contributed by atoms with Crippen LogP contribution in [0.15, 0.2) is 97.1 Å². The average Bonchev–Trinajstić information content (AvgIpc) is 3.39. The van der Waals surface area contributed by atoms with Gasteiger partial charge in [-0.05, 0) is 54.7 Å². The fourth-order valence-corrected chi connectivity index (χ4v) is 9.82. The predicted octanol–water partition coefficient (Wildman–Crippen LogP) is 4.93. The average molecular weight is 609 g/mol. The number of amides is 2. The first-order valence-corrected chi connectivity index (χ1v) is 16.2. The van der Waals surface area contributed by atoms with E-state index in [1.54, 1.807) is 9.80 Å². The first kappa shape index (κ1) is 28.9. The lowest BCUT2D eigenvalue weighted by Gasteiger charge is -2.40. The summed E-state index contributed by atoms with van der Waals surface area (Å²) in [5.41, 5.74) is 1.70. The summed E-state index contributed by atoms with van der Waals surface area (Å²) in [6.45, 7) is 2.29. The third-order valence-corrected chi connectivity index (χ3v) is 11.4. The van der Waals surface area contributed by atoms with Crippen LogP contribution in [-0.2, 0) is 25.5 Å². The van der Waals surface area contributed by atoms with E-state index in [0.29, 0.717) is 19.6 Å². The lowest BCUT2D eigenvalue weighted by molar-refractivity contribution is -0.154. The number of hydrogen-bond donors (Lipinski definition) is 1. The molecule has 2 saturated heterocycles. The third kappa shape index (κ3) is 4.58. The molecule has 7 rings (SSSR count). The van der Waals surface area contributed by atoms with Crippen LogP contribution in [0.4, 0.5) is 5.69 Å². The molecule has 1 unspecified atom stereocenters. The maximum absolute atomic E-state index is 15.0. The number of benzene rings is 3. The number of esters is 1. The number of thioether (sulfide) groups is 1. The lowest BCUT2D eigenvalue weighted by Crippen LogP contribution is -2.57. The van der Waals surface area contributed by atoms with E-state index in [2.05, 4.69) is 12.2 Å². The highest BCUT2D eigenvalue weighted by atomic mass is 32.2. The van der Waals surface area contributed by atoms with Crippen molar-refractivity contribution in [3.8, 4) is 0 Å². The zero-order valence-corrected chi connectivity index (χ0v) is 25.5. The van der Waals surface area contributed by atoms with Crippen molar-refractivity contribution in [2.45, 2.75) is 47.8 Å². The number of aliphatic hydroxyl groups excluding tert-OH is 1. The van der Waals surface area contributed by atoms with Crippen molar-refractivity contribution in [1.29, 1.82) is 0 Å². The summed E-state index contributed by atoms with van der Waals surface area (Å²) in [6, 6.07) is 22.1. The Morgan fingerprint density at radius 3 is 2.50 bits per heavy atom. The molecule has 0 aliphatic carbocycles. The van der Waals surface area contributed by atoms with Gasteiger partial charge in [-0.25, -0.2) is 0 Å². The van der Waals surface area contributed by atoms with Gasteiger partial charge < -0.3 is 19.6 Å². The van der Waals surface area contributed by atoms with Gasteiger partial charge in [-0.3, -0.25) is 14.4 Å². The number of nitrogens with zero attached hydrogens (tertiary/aromatic N) is 2. The van der Waals surface area contributed by atoms with E-state index in [1.165, 1.54) is 11.8 Å². The quantitative estimate of drug-likeness (QED) is 0.327. The Labute approximate surface area is 261 Å². The molecule has 226 valence electrons. The Morgan fingerprint density at radius 1 is 0.932 bits per heavy atom. The van der Waals surface area contributed by atoms with E-state index in [-0.39, 0.29) is 18.4 Å². The van der Waals surface area contributed by atoms with E-state index in [9.17, 15) is 19.5 Å². The zero-order chi connectivity index (χ0) is 30.5. The Hall–Kier alpha value is -3.88. The van der Waals surface area contributed by atoms with Gasteiger partial charge in [0.15, 0.2) is 0 Å². The Morgan fingerprint density at radius 2 is 1.70 bits per heavy atom. The number of ether oxygens (including phenoxy) is 1. The largest absolute Gasteiger partial charge is 0.465 e. The summed E-state index contributed by atoms with van der Waals surface area (Å²) in [4.78, 5) is 46.9. The van der Waals surface area contributed by atoms with Crippen molar-refractivity contribution >= 4 is 46.0 Å². The van der Waals surface area contributed by atoms with Gasteiger partial charge in [-0.2, -0.15) is 0 Å². The van der Waals surface area contributed by atoms with E-state index in [1.807, 2.05) is 91.9 Å². The van der Waals surface area contributed by atoms with Crippen molar-refractivity contribution in [3.05, 3.63) is 103 Å². The van der Waals surface area contributed by atoms with Gasteiger partial charge >= 0.3 is 5.97 Å². The molecule has 8 heteroatoms. The number of aliphatic hydroxyl groups is 1. The number of likely N-dealkylation sites (tertiary alicyclic amines) is 1. The minimum absolute atomic E-state index is 0.215. The highest BCUT2D eigenvalue weighted by Crippen LogP contribution is 2.65. The lowest BCUT2D eigenvalue weighted by atomic mass is 9.74. The molecule has 0 radical (unpaired) electrons. The second kappa shape index (κ2) is 11.2. The summed E-state index contributed by atoms with van der Waals surface area (Å²) < 4.78 is 3.98. The van der Waals surface area contributed by atoms with E-state index < -0.39 is 39.4 Å². The summed E-state index contributed by atoms with van der Waals surface area (Å²) in [5, 5.41) is 12.9. The number of anilines is 1. The summed E-state index contributed by atoms with van der Waals surface area (Å²) in [7, 11) is 0. The van der Waals surface area contributed by atoms with Crippen LogP contribution in [0.1, 0.15) is 25.3 Å². The van der Waals surface area contributed by atoms with Crippen molar-refractivity contribution in [1.82, 2.24) is 4.90 Å². The topological polar surface area (TPSA) is 87.1 Å². The molecule has 1 spiro atoms. The number of fused-ring (bicyclic) bond motifs is 3. The number of allylic oxidation sites excluding steroid dienone is 1. The highest BCUT2D eigenvalue weighted by molar-refractivity contribution is 8.02. The van der Waals surface area contributed by atoms with Crippen molar-refractivity contribution < 1.29 is 24.2 Å². The normalized spacial score (nSPS) is 31.3. The Balaban J connectivity index is 1.37. The number of rotatable bonds is 5. The van der Waals surface area contributed by atoms with E-state index >= 15 is 0 Å². The molecule has 0 saturated carbocycles. The standard InChI is InChI=1S/C36H36N2O5S/c1-35-17-8-3-9-20-43-34(42)30(35)29-32(40)38(28(23-39)21-24-11-4-2-5-12-24)31-33(41)37(19-10-18-36(29,31)44-35)27-16-15-25-13-6-7-14-26(25)22-27/h2,4-8,10-18,22,28-31,39H,3,9,19-21,23H2,1H3/b17-8-/t28-,29+,30-,31?,35+,36+/m1/s1. The van der Waals surface area contributed by atoms with Crippen molar-refractivity contribution in [2.75, 3.05) is 24.7 Å². The van der Waals surface area contributed by atoms with Gasteiger partial charge in [0.2, 0.25) is 5.91 Å². The molecule has 2 fully saturated rings. The van der Waals surface area contributed by atoms with Crippen LogP contribution >= 0.6 is 11.8 Å². The van der Waals surface area contributed by atoms with Crippen LogP contribution in [0.25, 0.3) is 10.8 Å². The highest BCUT2D eigenvalue weighted by Gasteiger charge is 2.74. The van der Waals surface area contributed by atoms with Gasteiger partial charge in [0, 0.05) is 17.0 Å². The molecule has 7 nitrogen and oxygen atoms in total. The molecule has 6 atom stereocenters. The fraction of sp³-hybridized carbons (Fsp3) is 0.361. The predicted molar refractivity (Wildman–Crippen MR) is 172 cm³/mol. The number of carbonyl (C=O) groups excluding carboxylic acids is 3. The van der Waals surface area contributed by atoms with E-state index in [0.717, 1.165) is 34.9 Å². The van der Waals surface area contributed by atoms with Gasteiger partial charge in [-0.1, -0.05) is 85.0 Å². The van der Waals surface area contributed by atoms with Crippen LogP contribution in [0.5, 0.6) is 0 Å². The van der Waals surface area contributed by atoms with E-state index in [4.69, 9.17) is 4.74 Å². The van der Waals surface area contributed by atoms with Gasteiger partial charge in [0.05, 0.1) is 35.8 Å². The van der Waals surface area contributed by atoms with Crippen molar-refractivity contribution in [3.63, 3.8) is 0 Å². The Bertz CT molecular complexity index is 1670. The second-order valence-corrected chi connectivity index (χ2v) is 14.2. The molecule has 0 aromatic heterocycles. The molecule has 0 bridgehead atoms. The molecule has 4 aliphatic heterocycles. The fourth-order valence-electron chi connectivity index (χ4n) is 7.68. The van der Waals surface area contributed by atoms with Gasteiger partial charge in [0.1, 0.15) is 6.04 Å². The molecular formula is C36H36N2O5S. The SMILES string of the molecule is C[C@]12/C=C\CCCOC(=O)[C@H]1[C@H]1C(=O)N([C@@H](CO)Cc3ccccc3)C3C(=O)N(c4ccc5ccccc5c4)CC=C[C@@]31S2. The summed E-state index contributed by atoms with van der Waals surface area (Å²) >= 11 is 1.53.